The summed E-state index contributed by atoms with van der Waals surface area (Å²) in [6.07, 6.45) is 0. The third-order valence-electron chi connectivity index (χ3n) is 3.47. The fraction of sp³-hybridized carbons (Fsp3) is 0.474. The average molecular weight is 346 g/mol. The third-order valence-corrected chi connectivity index (χ3v) is 4.34. The predicted molar refractivity (Wildman–Crippen MR) is 101 cm³/mol. The van der Waals surface area contributed by atoms with Crippen molar-refractivity contribution in [3.8, 4) is 5.75 Å². The summed E-state index contributed by atoms with van der Waals surface area (Å²) in [7, 11) is 4.01. The van der Waals surface area contributed by atoms with Crippen molar-refractivity contribution in [1.82, 2.24) is 9.97 Å². The van der Waals surface area contributed by atoms with Crippen molar-refractivity contribution in [2.75, 3.05) is 25.6 Å². The quantitative estimate of drug-likeness (QED) is 0.732. The molecule has 5 heteroatoms. The Morgan fingerprint density at radius 1 is 1.04 bits per heavy atom. The van der Waals surface area contributed by atoms with Crippen molar-refractivity contribution in [2.45, 2.75) is 44.7 Å². The molecule has 0 saturated heterocycles. The van der Waals surface area contributed by atoms with Crippen molar-refractivity contribution in [2.24, 2.45) is 5.41 Å². The first-order valence-corrected chi connectivity index (χ1v) is 8.90. The highest BCUT2D eigenvalue weighted by atomic mass is 32.2. The molecule has 0 fully saturated rings. The number of hydrogen-bond donors (Lipinski definition) is 0. The van der Waals surface area contributed by atoms with Crippen LogP contribution in [-0.2, 0) is 0 Å². The number of anilines is 1. The molecule has 0 radical (unpaired) electrons. The molecule has 0 amide bonds. The smallest absolute Gasteiger partial charge is 0.194 e. The number of ether oxygens (including phenoxy) is 1. The van der Waals surface area contributed by atoms with E-state index in [2.05, 4.69) is 49.8 Å². The normalized spacial score (nSPS) is 11.5. The topological polar surface area (TPSA) is 38.3 Å². The van der Waals surface area contributed by atoms with Gasteiger partial charge in [0.1, 0.15) is 11.6 Å². The SMILES string of the molecule is Cc1nc(Sc2ccc(OCC(C)(C)C)cc2)nc(N(C)C)c1C. The van der Waals surface area contributed by atoms with Gasteiger partial charge < -0.3 is 9.64 Å². The maximum absolute atomic E-state index is 5.81. The number of nitrogens with zero attached hydrogens (tertiary/aromatic N) is 3. The van der Waals surface area contributed by atoms with Crippen LogP contribution < -0.4 is 9.64 Å². The van der Waals surface area contributed by atoms with Crippen LogP contribution in [0.3, 0.4) is 0 Å². The van der Waals surface area contributed by atoms with Crippen molar-refractivity contribution in [3.63, 3.8) is 0 Å². The van der Waals surface area contributed by atoms with Crippen LogP contribution in [0.1, 0.15) is 32.0 Å². The van der Waals surface area contributed by atoms with Crippen LogP contribution in [0, 0.1) is 19.3 Å². The zero-order chi connectivity index (χ0) is 17.9. The highest BCUT2D eigenvalue weighted by Crippen LogP contribution is 2.29. The van der Waals surface area contributed by atoms with Gasteiger partial charge in [0.15, 0.2) is 5.16 Å². The molecule has 1 aromatic carbocycles. The van der Waals surface area contributed by atoms with Gasteiger partial charge >= 0.3 is 0 Å². The molecule has 0 unspecified atom stereocenters. The minimum atomic E-state index is 0.156. The molecule has 0 aliphatic heterocycles. The fourth-order valence-electron chi connectivity index (χ4n) is 2.08. The first-order valence-electron chi connectivity index (χ1n) is 8.09. The predicted octanol–water partition coefficient (Wildman–Crippen LogP) is 4.74. The van der Waals surface area contributed by atoms with Gasteiger partial charge in [0.05, 0.1) is 6.61 Å². The first-order chi connectivity index (χ1) is 11.2. The van der Waals surface area contributed by atoms with Crippen LogP contribution in [0.15, 0.2) is 34.3 Å². The molecule has 0 atom stereocenters. The van der Waals surface area contributed by atoms with E-state index in [0.29, 0.717) is 6.61 Å². The standard InChI is InChI=1S/C19H27N3OS/c1-13-14(2)20-18(21-17(13)22(6)7)24-16-10-8-15(9-11-16)23-12-19(3,4)5/h8-11H,12H2,1-7H3. The molecule has 0 N–H and O–H groups in total. The lowest BCUT2D eigenvalue weighted by Gasteiger charge is -2.19. The lowest BCUT2D eigenvalue weighted by Crippen LogP contribution is -2.16. The van der Waals surface area contributed by atoms with Crippen LogP contribution in [0.5, 0.6) is 5.75 Å². The van der Waals surface area contributed by atoms with Gasteiger partial charge in [-0.25, -0.2) is 9.97 Å². The highest BCUT2D eigenvalue weighted by Gasteiger charge is 2.12. The number of aromatic nitrogens is 2. The van der Waals surface area contributed by atoms with Crippen molar-refractivity contribution in [3.05, 3.63) is 35.5 Å². The van der Waals surface area contributed by atoms with Crippen LogP contribution in [-0.4, -0.2) is 30.7 Å². The van der Waals surface area contributed by atoms with E-state index in [1.165, 1.54) is 0 Å². The van der Waals surface area contributed by atoms with Crippen LogP contribution in [0.25, 0.3) is 0 Å². The summed E-state index contributed by atoms with van der Waals surface area (Å²) in [6.45, 7) is 11.3. The molecule has 0 bridgehead atoms. The van der Waals surface area contributed by atoms with E-state index < -0.39 is 0 Å². The fourth-order valence-corrected chi connectivity index (χ4v) is 2.88. The number of benzene rings is 1. The van der Waals surface area contributed by atoms with E-state index in [-0.39, 0.29) is 5.41 Å². The van der Waals surface area contributed by atoms with E-state index in [4.69, 9.17) is 4.74 Å². The largest absolute Gasteiger partial charge is 0.493 e. The van der Waals surface area contributed by atoms with Gasteiger partial charge in [-0.05, 0) is 55.3 Å². The summed E-state index contributed by atoms with van der Waals surface area (Å²) in [5, 5.41) is 0.769. The molecular weight excluding hydrogens is 318 g/mol. The Balaban J connectivity index is 2.11. The van der Waals surface area contributed by atoms with Gasteiger partial charge in [-0.15, -0.1) is 0 Å². The first kappa shape index (κ1) is 18.6. The highest BCUT2D eigenvalue weighted by molar-refractivity contribution is 7.99. The molecule has 1 aromatic heterocycles. The molecule has 2 rings (SSSR count). The molecule has 0 aliphatic carbocycles. The van der Waals surface area contributed by atoms with E-state index in [0.717, 1.165) is 32.9 Å². The Bertz CT molecular complexity index is 691. The monoisotopic (exact) mass is 345 g/mol. The van der Waals surface area contributed by atoms with Crippen molar-refractivity contribution >= 4 is 17.6 Å². The van der Waals surface area contributed by atoms with E-state index in [1.807, 2.05) is 38.1 Å². The van der Waals surface area contributed by atoms with Crippen LogP contribution >= 0.6 is 11.8 Å². The molecule has 130 valence electrons. The Hall–Kier alpha value is -1.75. The second-order valence-electron chi connectivity index (χ2n) is 7.36. The maximum Gasteiger partial charge on any atom is 0.194 e. The van der Waals surface area contributed by atoms with Gasteiger partial charge in [0.25, 0.3) is 0 Å². The summed E-state index contributed by atoms with van der Waals surface area (Å²) >= 11 is 1.57. The maximum atomic E-state index is 5.81. The molecule has 24 heavy (non-hydrogen) atoms. The Kier molecular flexibility index (Phi) is 5.75. The average Bonchev–Trinajstić information content (AvgIpc) is 2.49. The summed E-state index contributed by atoms with van der Waals surface area (Å²) in [5.74, 6) is 1.86. The van der Waals surface area contributed by atoms with Crippen LogP contribution in [0.2, 0.25) is 0 Å². The minimum absolute atomic E-state index is 0.156. The Labute approximate surface area is 149 Å². The van der Waals surface area contributed by atoms with Gasteiger partial charge in [-0.1, -0.05) is 20.8 Å². The van der Waals surface area contributed by atoms with E-state index >= 15 is 0 Å². The second-order valence-corrected chi connectivity index (χ2v) is 8.40. The molecule has 0 saturated carbocycles. The minimum Gasteiger partial charge on any atom is -0.493 e. The molecule has 0 spiro atoms. The summed E-state index contributed by atoms with van der Waals surface area (Å²) in [4.78, 5) is 12.4. The van der Waals surface area contributed by atoms with Crippen molar-refractivity contribution < 1.29 is 4.74 Å². The van der Waals surface area contributed by atoms with Crippen LogP contribution in [0.4, 0.5) is 5.82 Å². The van der Waals surface area contributed by atoms with Gasteiger partial charge in [-0.2, -0.15) is 0 Å². The Morgan fingerprint density at radius 2 is 1.67 bits per heavy atom. The third kappa shape index (κ3) is 5.13. The zero-order valence-electron chi connectivity index (χ0n) is 15.7. The molecule has 2 aromatic rings. The second kappa shape index (κ2) is 7.43. The molecule has 0 aliphatic rings. The molecule has 4 nitrogen and oxygen atoms in total. The van der Waals surface area contributed by atoms with Crippen molar-refractivity contribution in [1.29, 1.82) is 0 Å². The number of rotatable bonds is 5. The lowest BCUT2D eigenvalue weighted by atomic mass is 9.99. The van der Waals surface area contributed by atoms with Gasteiger partial charge in [-0.3, -0.25) is 0 Å². The Morgan fingerprint density at radius 3 is 2.21 bits per heavy atom. The number of aryl methyl sites for hydroxylation is 1. The molecular formula is C19H27N3OS. The molecule has 1 heterocycles. The lowest BCUT2D eigenvalue weighted by molar-refractivity contribution is 0.198. The summed E-state index contributed by atoms with van der Waals surface area (Å²) in [5.41, 5.74) is 2.29. The summed E-state index contributed by atoms with van der Waals surface area (Å²) in [6, 6.07) is 8.11. The number of hydrogen-bond acceptors (Lipinski definition) is 5. The van der Waals surface area contributed by atoms with Gasteiger partial charge in [0.2, 0.25) is 0 Å². The van der Waals surface area contributed by atoms with E-state index in [1.54, 1.807) is 11.8 Å². The summed E-state index contributed by atoms with van der Waals surface area (Å²) < 4.78 is 5.81. The zero-order valence-corrected chi connectivity index (χ0v) is 16.5. The van der Waals surface area contributed by atoms with E-state index in [9.17, 15) is 0 Å². The van der Waals surface area contributed by atoms with Gasteiger partial charge in [0, 0.05) is 30.2 Å².